The Morgan fingerprint density at radius 1 is 1.10 bits per heavy atom. The number of carboxylic acid groups (broad SMARTS) is 1. The number of hydrogen-bond donors (Lipinski definition) is 1. The third kappa shape index (κ3) is 4.28. The summed E-state index contributed by atoms with van der Waals surface area (Å²) in [6, 6.07) is 17.2. The minimum atomic E-state index is -0.917. The zero-order valence-corrected chi connectivity index (χ0v) is 11.2. The van der Waals surface area contributed by atoms with E-state index in [1.54, 1.807) is 6.92 Å². The van der Waals surface area contributed by atoms with Crippen LogP contribution in [0.25, 0.3) is 0 Å². The molecule has 2 aromatic carbocycles. The Labute approximate surface area is 118 Å². The van der Waals surface area contributed by atoms with Crippen molar-refractivity contribution in [1.29, 1.82) is 0 Å². The van der Waals surface area contributed by atoms with E-state index in [9.17, 15) is 4.79 Å². The first kappa shape index (κ1) is 13.9. The van der Waals surface area contributed by atoms with Crippen molar-refractivity contribution in [3.8, 4) is 11.5 Å². The average molecular weight is 268 g/mol. The summed E-state index contributed by atoms with van der Waals surface area (Å²) in [5, 5.41) is 8.71. The summed E-state index contributed by atoms with van der Waals surface area (Å²) in [5.74, 6) is 0.610. The van der Waals surface area contributed by atoms with Crippen molar-refractivity contribution in [3.05, 3.63) is 71.8 Å². The Bertz CT molecular complexity index is 615. The summed E-state index contributed by atoms with van der Waals surface area (Å²) >= 11 is 0. The van der Waals surface area contributed by atoms with Crippen LogP contribution in [0, 0.1) is 0 Å². The molecule has 0 fully saturated rings. The predicted molar refractivity (Wildman–Crippen MR) is 78.1 cm³/mol. The highest BCUT2D eigenvalue weighted by Gasteiger charge is 2.01. The maximum absolute atomic E-state index is 10.6. The van der Waals surface area contributed by atoms with Crippen molar-refractivity contribution in [3.63, 3.8) is 0 Å². The molecule has 3 nitrogen and oxygen atoms in total. The molecule has 0 aliphatic heterocycles. The fourth-order valence-corrected chi connectivity index (χ4v) is 1.93. The molecule has 2 rings (SSSR count). The zero-order chi connectivity index (χ0) is 14.4. The molecule has 0 heterocycles. The molecule has 0 bridgehead atoms. The molecule has 3 heteroatoms. The minimum absolute atomic E-state index is 0.596. The van der Waals surface area contributed by atoms with Gasteiger partial charge in [0.05, 0.1) is 0 Å². The van der Waals surface area contributed by atoms with Crippen molar-refractivity contribution in [2.75, 3.05) is 0 Å². The highest BCUT2D eigenvalue weighted by molar-refractivity contribution is 5.80. The van der Waals surface area contributed by atoms with Crippen LogP contribution in [0.15, 0.2) is 66.2 Å². The number of hydrogen-bond acceptors (Lipinski definition) is 2. The van der Waals surface area contributed by atoms with Gasteiger partial charge in [0.25, 0.3) is 0 Å². The van der Waals surface area contributed by atoms with Crippen LogP contribution in [0.1, 0.15) is 12.5 Å². The van der Waals surface area contributed by atoms with Crippen molar-refractivity contribution < 1.29 is 14.6 Å². The van der Waals surface area contributed by atoms with Gasteiger partial charge in [-0.3, -0.25) is 0 Å². The molecule has 0 spiro atoms. The van der Waals surface area contributed by atoms with Crippen molar-refractivity contribution in [1.82, 2.24) is 0 Å². The van der Waals surface area contributed by atoms with Gasteiger partial charge in [0.2, 0.25) is 0 Å². The molecule has 0 saturated heterocycles. The van der Waals surface area contributed by atoms with E-state index >= 15 is 0 Å². The van der Waals surface area contributed by atoms with Gasteiger partial charge in [-0.1, -0.05) is 35.9 Å². The summed E-state index contributed by atoms with van der Waals surface area (Å²) in [4.78, 5) is 10.6. The number of carbonyl (C=O) groups is 1. The van der Waals surface area contributed by atoms with Gasteiger partial charge in [-0.25, -0.2) is 4.79 Å². The van der Waals surface area contributed by atoms with Crippen LogP contribution < -0.4 is 4.74 Å². The van der Waals surface area contributed by atoms with Crippen LogP contribution in [0.3, 0.4) is 0 Å². The monoisotopic (exact) mass is 268 g/mol. The summed E-state index contributed by atoms with van der Waals surface area (Å²) in [6.07, 6.45) is 1.82. The van der Waals surface area contributed by atoms with Gasteiger partial charge in [-0.05, 0) is 43.2 Å². The predicted octanol–water partition coefficient (Wildman–Crippen LogP) is 4.05. The number of rotatable bonds is 5. The van der Waals surface area contributed by atoms with E-state index in [1.807, 2.05) is 54.6 Å². The molecule has 1 N–H and O–H groups in total. The number of aliphatic carboxylic acids is 1. The largest absolute Gasteiger partial charge is 0.478 e. The van der Waals surface area contributed by atoms with Crippen LogP contribution >= 0.6 is 0 Å². The van der Waals surface area contributed by atoms with E-state index in [0.717, 1.165) is 22.6 Å². The lowest BCUT2D eigenvalue weighted by Crippen LogP contribution is -1.94. The first-order valence-electron chi connectivity index (χ1n) is 6.35. The van der Waals surface area contributed by atoms with Gasteiger partial charge in [-0.15, -0.1) is 0 Å². The lowest BCUT2D eigenvalue weighted by atomic mass is 10.1. The number of benzene rings is 2. The molecular formula is C17H16O3. The highest BCUT2D eigenvalue weighted by Crippen LogP contribution is 2.22. The summed E-state index contributed by atoms with van der Waals surface area (Å²) < 4.78 is 5.75. The van der Waals surface area contributed by atoms with E-state index in [0.29, 0.717) is 6.42 Å². The topological polar surface area (TPSA) is 46.5 Å². The Kier molecular flexibility index (Phi) is 4.56. The van der Waals surface area contributed by atoms with E-state index in [1.165, 1.54) is 6.08 Å². The fraction of sp³-hybridized carbons (Fsp3) is 0.118. The normalized spacial score (nSPS) is 11.2. The Morgan fingerprint density at radius 2 is 1.80 bits per heavy atom. The number of carboxylic acids is 1. The number of ether oxygens (including phenoxy) is 1. The first-order valence-corrected chi connectivity index (χ1v) is 6.35. The van der Waals surface area contributed by atoms with Gasteiger partial charge in [0.15, 0.2) is 0 Å². The summed E-state index contributed by atoms with van der Waals surface area (Å²) in [7, 11) is 0. The molecule has 0 unspecified atom stereocenters. The lowest BCUT2D eigenvalue weighted by Gasteiger charge is -2.07. The molecule has 2 aromatic rings. The summed E-state index contributed by atoms with van der Waals surface area (Å²) in [5.41, 5.74) is 1.82. The van der Waals surface area contributed by atoms with Gasteiger partial charge in [0, 0.05) is 6.08 Å². The molecule has 0 atom stereocenters. The SMILES string of the molecule is C/C(=C\C(=O)O)Cc1cccc(Oc2ccccc2)c1. The minimum Gasteiger partial charge on any atom is -0.478 e. The highest BCUT2D eigenvalue weighted by atomic mass is 16.5. The van der Waals surface area contributed by atoms with E-state index in [-0.39, 0.29) is 0 Å². The lowest BCUT2D eigenvalue weighted by molar-refractivity contribution is -0.131. The Hall–Kier alpha value is -2.55. The molecule has 0 aliphatic rings. The van der Waals surface area contributed by atoms with E-state index in [4.69, 9.17) is 9.84 Å². The second-order valence-corrected chi connectivity index (χ2v) is 4.57. The quantitative estimate of drug-likeness (QED) is 0.832. The second-order valence-electron chi connectivity index (χ2n) is 4.57. The smallest absolute Gasteiger partial charge is 0.328 e. The molecule has 0 radical (unpaired) electrons. The van der Waals surface area contributed by atoms with Gasteiger partial charge in [-0.2, -0.15) is 0 Å². The van der Waals surface area contributed by atoms with Gasteiger partial charge < -0.3 is 9.84 Å². The van der Waals surface area contributed by atoms with E-state index < -0.39 is 5.97 Å². The van der Waals surface area contributed by atoms with Gasteiger partial charge in [0.1, 0.15) is 11.5 Å². The van der Waals surface area contributed by atoms with Gasteiger partial charge >= 0.3 is 5.97 Å². The van der Waals surface area contributed by atoms with Crippen molar-refractivity contribution in [2.24, 2.45) is 0 Å². The molecule has 20 heavy (non-hydrogen) atoms. The Morgan fingerprint density at radius 3 is 2.50 bits per heavy atom. The average Bonchev–Trinajstić information content (AvgIpc) is 2.39. The number of para-hydroxylation sites is 1. The third-order valence-electron chi connectivity index (χ3n) is 2.73. The summed E-state index contributed by atoms with van der Waals surface area (Å²) in [6.45, 7) is 1.80. The second kappa shape index (κ2) is 6.57. The maximum Gasteiger partial charge on any atom is 0.328 e. The van der Waals surface area contributed by atoms with Crippen molar-refractivity contribution >= 4 is 5.97 Å². The molecule has 0 saturated carbocycles. The fourth-order valence-electron chi connectivity index (χ4n) is 1.93. The van der Waals surface area contributed by atoms with Crippen LogP contribution in [-0.4, -0.2) is 11.1 Å². The number of allylic oxidation sites excluding steroid dienone is 1. The molecule has 0 aliphatic carbocycles. The first-order chi connectivity index (χ1) is 9.63. The molecule has 102 valence electrons. The third-order valence-corrected chi connectivity index (χ3v) is 2.73. The van der Waals surface area contributed by atoms with Crippen LogP contribution in [0.5, 0.6) is 11.5 Å². The van der Waals surface area contributed by atoms with E-state index in [2.05, 4.69) is 0 Å². The standard InChI is InChI=1S/C17H16O3/c1-13(11-17(18)19)10-14-6-5-9-16(12-14)20-15-7-3-2-4-8-15/h2-9,11-12H,10H2,1H3,(H,18,19)/b13-11+. The molecule has 0 aromatic heterocycles. The Balaban J connectivity index is 2.10. The zero-order valence-electron chi connectivity index (χ0n) is 11.2. The van der Waals surface area contributed by atoms with Crippen LogP contribution in [0.2, 0.25) is 0 Å². The van der Waals surface area contributed by atoms with Crippen LogP contribution in [0.4, 0.5) is 0 Å². The van der Waals surface area contributed by atoms with Crippen LogP contribution in [-0.2, 0) is 11.2 Å². The molecular weight excluding hydrogens is 252 g/mol. The maximum atomic E-state index is 10.6. The van der Waals surface area contributed by atoms with Crippen molar-refractivity contribution in [2.45, 2.75) is 13.3 Å². The molecule has 0 amide bonds.